The molecule has 3 amide bonds. The Morgan fingerprint density at radius 1 is 1.12 bits per heavy atom. The van der Waals surface area contributed by atoms with Crippen LogP contribution in [-0.4, -0.2) is 70.1 Å². The first-order valence-electron chi connectivity index (χ1n) is 14.5. The second-order valence-corrected chi connectivity index (χ2v) is 12.1. The molecule has 0 aromatic heterocycles. The van der Waals surface area contributed by atoms with E-state index in [2.05, 4.69) is 33.5 Å². The Bertz CT molecular complexity index is 1240. The van der Waals surface area contributed by atoms with Gasteiger partial charge in [0.05, 0.1) is 37.2 Å². The number of likely N-dealkylation sites (tertiary alicyclic amines) is 1. The highest BCUT2D eigenvalue weighted by molar-refractivity contribution is 9.09. The number of ether oxygens (including phenoxy) is 2. The third-order valence-electron chi connectivity index (χ3n) is 8.48. The zero-order valence-corrected chi connectivity index (χ0v) is 25.0. The van der Waals surface area contributed by atoms with E-state index >= 15 is 0 Å². The minimum absolute atomic E-state index is 0.220. The molecule has 3 aliphatic heterocycles. The number of rotatable bonds is 12. The number of aliphatic hydroxyl groups is 1. The van der Waals surface area contributed by atoms with Gasteiger partial charge in [0, 0.05) is 17.1 Å². The highest BCUT2D eigenvalue weighted by Crippen LogP contribution is 2.61. The number of carbonyl (C=O) groups is 3. The summed E-state index contributed by atoms with van der Waals surface area (Å²) in [5, 5.41) is 16.5. The number of unbranched alkanes of at least 4 members (excludes halogenated alkanes) is 2. The number of anilines is 1. The monoisotopic (exact) mass is 627 g/mol. The summed E-state index contributed by atoms with van der Waals surface area (Å²) in [6.07, 6.45) is 2.63. The lowest BCUT2D eigenvalue weighted by Gasteiger charge is -2.37. The Hall–Kier alpha value is -2.95. The first-order valence-corrected chi connectivity index (χ1v) is 15.4. The van der Waals surface area contributed by atoms with Gasteiger partial charge in [-0.05, 0) is 49.6 Å². The molecule has 3 aliphatic rings. The number of hydrogen-bond donors (Lipinski definition) is 3. The number of halogens is 1. The maximum Gasteiger partial charge on any atom is 0.245 e. The molecule has 3 heterocycles. The van der Waals surface area contributed by atoms with Gasteiger partial charge < -0.3 is 30.1 Å². The van der Waals surface area contributed by atoms with E-state index in [4.69, 9.17) is 9.47 Å². The minimum Gasteiger partial charge on any atom is -0.494 e. The lowest BCUT2D eigenvalue weighted by molar-refractivity contribution is -0.145. The minimum atomic E-state index is -1.20. The van der Waals surface area contributed by atoms with Crippen molar-refractivity contribution in [2.45, 2.75) is 68.1 Å². The van der Waals surface area contributed by atoms with Gasteiger partial charge in [-0.2, -0.15) is 0 Å². The number of aliphatic hydroxyl groups excluding tert-OH is 1. The van der Waals surface area contributed by atoms with E-state index in [0.29, 0.717) is 36.6 Å². The lowest BCUT2D eigenvalue weighted by Crippen LogP contribution is -2.56. The number of nitrogens with one attached hydrogen (secondary N) is 2. The summed E-state index contributed by atoms with van der Waals surface area (Å²) in [4.78, 5) is 43.4. The molecule has 41 heavy (non-hydrogen) atoms. The number of alkyl halides is 1. The summed E-state index contributed by atoms with van der Waals surface area (Å²) < 4.78 is 12.1. The molecule has 2 aromatic carbocycles. The van der Waals surface area contributed by atoms with E-state index in [-0.39, 0.29) is 29.2 Å². The number of amides is 3. The van der Waals surface area contributed by atoms with Gasteiger partial charge >= 0.3 is 0 Å². The van der Waals surface area contributed by atoms with Crippen LogP contribution in [0.5, 0.6) is 5.75 Å². The van der Waals surface area contributed by atoms with Gasteiger partial charge in [0.2, 0.25) is 17.7 Å². The first kappa shape index (κ1) is 29.5. The summed E-state index contributed by atoms with van der Waals surface area (Å²) in [6, 6.07) is 14.5. The molecule has 220 valence electrons. The van der Waals surface area contributed by atoms with Crippen molar-refractivity contribution in [2.24, 2.45) is 11.8 Å². The van der Waals surface area contributed by atoms with Crippen LogP contribution in [0.25, 0.3) is 0 Å². The molecule has 3 unspecified atom stereocenters. The normalized spacial score (nSPS) is 28.8. The molecule has 0 aliphatic carbocycles. The van der Waals surface area contributed by atoms with Crippen LogP contribution in [0.1, 0.15) is 51.1 Å². The summed E-state index contributed by atoms with van der Waals surface area (Å²) in [7, 11) is 0. The van der Waals surface area contributed by atoms with Crippen molar-refractivity contribution in [3.05, 3.63) is 60.2 Å². The zero-order chi connectivity index (χ0) is 29.1. The van der Waals surface area contributed by atoms with E-state index in [1.54, 1.807) is 24.3 Å². The molecule has 3 saturated heterocycles. The maximum absolute atomic E-state index is 14.4. The summed E-state index contributed by atoms with van der Waals surface area (Å²) in [6.45, 7) is 4.63. The third-order valence-corrected chi connectivity index (χ3v) is 9.33. The van der Waals surface area contributed by atoms with Crippen LogP contribution in [-0.2, 0) is 19.1 Å². The Labute approximate surface area is 249 Å². The average molecular weight is 629 g/mol. The fourth-order valence-corrected chi connectivity index (χ4v) is 7.68. The second kappa shape index (κ2) is 12.5. The van der Waals surface area contributed by atoms with E-state index in [0.717, 1.165) is 19.3 Å². The van der Waals surface area contributed by atoms with Crippen molar-refractivity contribution in [3.8, 4) is 5.75 Å². The molecule has 7 atom stereocenters. The largest absolute Gasteiger partial charge is 0.494 e. The van der Waals surface area contributed by atoms with Gasteiger partial charge in [-0.25, -0.2) is 0 Å². The topological polar surface area (TPSA) is 117 Å². The molecule has 3 N–H and O–H groups in total. The summed E-state index contributed by atoms with van der Waals surface area (Å²) in [5.74, 6) is -2.00. The van der Waals surface area contributed by atoms with Gasteiger partial charge in [-0.15, -0.1) is 0 Å². The number of nitrogens with zero attached hydrogens (tertiary/aromatic N) is 1. The second-order valence-electron chi connectivity index (χ2n) is 11.0. The number of carbonyl (C=O) groups excluding carboxylic acids is 3. The van der Waals surface area contributed by atoms with Crippen molar-refractivity contribution >= 4 is 39.3 Å². The quantitative estimate of drug-likeness (QED) is 0.243. The van der Waals surface area contributed by atoms with Crippen LogP contribution in [0.3, 0.4) is 0 Å². The number of benzene rings is 2. The molecule has 0 radical (unpaired) electrons. The summed E-state index contributed by atoms with van der Waals surface area (Å²) in [5.41, 5.74) is 0.0867. The van der Waals surface area contributed by atoms with E-state index in [1.165, 1.54) is 4.90 Å². The van der Waals surface area contributed by atoms with E-state index in [1.807, 2.05) is 37.3 Å². The highest BCUT2D eigenvalue weighted by Gasteiger charge is 2.77. The van der Waals surface area contributed by atoms with Gasteiger partial charge in [0.15, 0.2) is 0 Å². The van der Waals surface area contributed by atoms with E-state index in [9.17, 15) is 19.5 Å². The van der Waals surface area contributed by atoms with Crippen molar-refractivity contribution in [2.75, 3.05) is 25.1 Å². The van der Waals surface area contributed by atoms with Gasteiger partial charge in [0.1, 0.15) is 17.4 Å². The van der Waals surface area contributed by atoms with Crippen LogP contribution in [0, 0.1) is 11.8 Å². The van der Waals surface area contributed by atoms with Crippen LogP contribution in [0.15, 0.2) is 54.6 Å². The smallest absolute Gasteiger partial charge is 0.245 e. The molecule has 5 rings (SSSR count). The van der Waals surface area contributed by atoms with Crippen LogP contribution in [0.2, 0.25) is 0 Å². The van der Waals surface area contributed by atoms with Gasteiger partial charge in [-0.3, -0.25) is 14.4 Å². The molecule has 0 saturated carbocycles. The SMILES string of the molecule is CCCCCNC(=O)C1N([C@H](CO)c2ccccc2)C(=O)[C@@H]2[C@@H](C(=O)Nc3ccc(OCC)cc3)[C@@H]3OC12CC3Br. The highest BCUT2D eigenvalue weighted by atomic mass is 79.9. The zero-order valence-electron chi connectivity index (χ0n) is 23.4. The van der Waals surface area contributed by atoms with Crippen molar-refractivity contribution in [1.82, 2.24) is 10.2 Å². The standard InChI is InChI=1S/C31H38BrN3O6/c1-3-5-9-16-33-29(38)27-31-17-22(32)26(41-31)24(28(37)34-20-12-14-21(15-13-20)40-4-2)25(31)30(39)35(27)23(18-36)19-10-7-6-8-11-19/h6-8,10-15,22-27,36H,3-5,9,16-18H2,1-2H3,(H,33,38)(H,34,37)/t22?,23-,24-,25+,26-,27?,31?/m1/s1. The molecule has 2 aromatic rings. The predicted octanol–water partition coefficient (Wildman–Crippen LogP) is 3.81. The maximum atomic E-state index is 14.4. The lowest BCUT2D eigenvalue weighted by atomic mass is 9.70. The van der Waals surface area contributed by atoms with Crippen molar-refractivity contribution < 1.29 is 29.0 Å². The Balaban J connectivity index is 1.49. The molecule has 9 nitrogen and oxygen atoms in total. The first-order chi connectivity index (χ1) is 19.9. The Morgan fingerprint density at radius 2 is 1.85 bits per heavy atom. The molecule has 1 spiro atoms. The van der Waals surface area contributed by atoms with Crippen molar-refractivity contribution in [1.29, 1.82) is 0 Å². The van der Waals surface area contributed by atoms with E-state index < -0.39 is 35.6 Å². The van der Waals surface area contributed by atoms with Gasteiger partial charge in [0.25, 0.3) is 0 Å². The molecule has 10 heteroatoms. The van der Waals surface area contributed by atoms with Crippen LogP contribution in [0.4, 0.5) is 5.69 Å². The molecular weight excluding hydrogens is 590 g/mol. The fraction of sp³-hybridized carbons (Fsp3) is 0.516. The Kier molecular flexibility index (Phi) is 9.01. The number of hydrogen-bond acceptors (Lipinski definition) is 6. The molecular formula is C31H38BrN3O6. The third kappa shape index (κ3) is 5.37. The Morgan fingerprint density at radius 3 is 2.51 bits per heavy atom. The molecule has 3 fully saturated rings. The fourth-order valence-electron chi connectivity index (χ4n) is 6.74. The van der Waals surface area contributed by atoms with Crippen LogP contribution < -0.4 is 15.4 Å². The average Bonchev–Trinajstić information content (AvgIpc) is 3.57. The number of fused-ring (bicyclic) bond motifs is 1. The van der Waals surface area contributed by atoms with Crippen LogP contribution >= 0.6 is 15.9 Å². The summed E-state index contributed by atoms with van der Waals surface area (Å²) >= 11 is 3.70. The van der Waals surface area contributed by atoms with Gasteiger partial charge in [-0.1, -0.05) is 66.0 Å². The predicted molar refractivity (Wildman–Crippen MR) is 158 cm³/mol. The van der Waals surface area contributed by atoms with Crippen molar-refractivity contribution in [3.63, 3.8) is 0 Å². The molecule has 2 bridgehead atoms.